The molecule has 0 atom stereocenters. The van der Waals surface area contributed by atoms with Gasteiger partial charge in [-0.05, 0) is 6.42 Å². The van der Waals surface area contributed by atoms with Crippen LogP contribution in [0.25, 0.3) is 0 Å². The topological polar surface area (TPSA) is 58.6 Å². The number of carbonyl (C=O) groups is 2. The van der Waals surface area contributed by atoms with Gasteiger partial charge in [-0.2, -0.15) is 0 Å². The normalized spacial score (nSPS) is 15.2. The zero-order valence-corrected chi connectivity index (χ0v) is 8.21. The second-order valence-corrected chi connectivity index (χ2v) is 2.97. The van der Waals surface area contributed by atoms with Gasteiger partial charge in [0.1, 0.15) is 5.70 Å². The minimum Gasteiger partial charge on any atom is -0.461 e. The quantitative estimate of drug-likeness (QED) is 0.528. The fourth-order valence-corrected chi connectivity index (χ4v) is 1.12. The maximum Gasteiger partial charge on any atom is 0.354 e. The minimum absolute atomic E-state index is 0.105. The van der Waals surface area contributed by atoms with E-state index in [-0.39, 0.29) is 11.7 Å². The Morgan fingerprint density at radius 3 is 2.93 bits per heavy atom. The number of nitrogens with zero attached hydrogens (tertiary/aromatic N) is 1. The van der Waals surface area contributed by atoms with Crippen LogP contribution in [0.2, 0.25) is 0 Å². The molecule has 78 valence electrons. The van der Waals surface area contributed by atoms with Gasteiger partial charge in [-0.3, -0.25) is 4.90 Å². The van der Waals surface area contributed by atoms with Crippen molar-refractivity contribution in [2.45, 2.75) is 13.3 Å². The van der Waals surface area contributed by atoms with Gasteiger partial charge < -0.3 is 10.1 Å². The van der Waals surface area contributed by atoms with E-state index in [2.05, 4.69) is 11.9 Å². The van der Waals surface area contributed by atoms with Gasteiger partial charge in [-0.15, -0.1) is 0 Å². The lowest BCUT2D eigenvalue weighted by atomic mass is 10.4. The molecule has 1 saturated heterocycles. The standard InChI is InChI=1S/C9H14N2O3/c1-3-6-14-8(12)7(2)11-5-4-10-9(11)13/h2-6H2,1H3,(H,10,13). The number of hydrogen-bond acceptors (Lipinski definition) is 3. The zero-order chi connectivity index (χ0) is 10.6. The van der Waals surface area contributed by atoms with E-state index in [1.54, 1.807) is 0 Å². The Bertz CT molecular complexity index is 263. The summed E-state index contributed by atoms with van der Waals surface area (Å²) in [6.45, 7) is 6.80. The maximum atomic E-state index is 11.3. The van der Waals surface area contributed by atoms with Crippen molar-refractivity contribution in [1.29, 1.82) is 0 Å². The molecule has 1 heterocycles. The van der Waals surface area contributed by atoms with Gasteiger partial charge in [0.15, 0.2) is 0 Å². The van der Waals surface area contributed by atoms with Gasteiger partial charge in [0, 0.05) is 13.1 Å². The summed E-state index contributed by atoms with van der Waals surface area (Å²) in [6.07, 6.45) is 0.755. The highest BCUT2D eigenvalue weighted by molar-refractivity contribution is 5.93. The third-order valence-electron chi connectivity index (χ3n) is 1.86. The first-order valence-electron chi connectivity index (χ1n) is 4.58. The van der Waals surface area contributed by atoms with Crippen molar-refractivity contribution in [3.05, 3.63) is 12.3 Å². The minimum atomic E-state index is -0.524. The van der Waals surface area contributed by atoms with Crippen LogP contribution < -0.4 is 5.32 Å². The van der Waals surface area contributed by atoms with Gasteiger partial charge in [0.25, 0.3) is 0 Å². The van der Waals surface area contributed by atoms with Crippen LogP contribution in [0.5, 0.6) is 0 Å². The summed E-state index contributed by atoms with van der Waals surface area (Å²) >= 11 is 0. The fraction of sp³-hybridized carbons (Fsp3) is 0.556. The molecule has 1 aliphatic rings. The van der Waals surface area contributed by atoms with Gasteiger partial charge >= 0.3 is 12.0 Å². The first kappa shape index (κ1) is 10.6. The molecule has 2 amide bonds. The maximum absolute atomic E-state index is 11.3. The molecule has 0 aliphatic carbocycles. The van der Waals surface area contributed by atoms with E-state index < -0.39 is 5.97 Å². The molecule has 14 heavy (non-hydrogen) atoms. The lowest BCUT2D eigenvalue weighted by Gasteiger charge is -2.15. The van der Waals surface area contributed by atoms with Crippen molar-refractivity contribution in [1.82, 2.24) is 10.2 Å². The van der Waals surface area contributed by atoms with E-state index in [9.17, 15) is 9.59 Å². The van der Waals surface area contributed by atoms with Crippen LogP contribution in [0.1, 0.15) is 13.3 Å². The van der Waals surface area contributed by atoms with Crippen molar-refractivity contribution in [2.24, 2.45) is 0 Å². The van der Waals surface area contributed by atoms with Crippen LogP contribution in [0, 0.1) is 0 Å². The third kappa shape index (κ3) is 2.25. The SMILES string of the molecule is C=C(C(=O)OCCC)N1CCNC1=O. The predicted octanol–water partition coefficient (Wildman–Crippen LogP) is 0.478. The van der Waals surface area contributed by atoms with Crippen LogP contribution in [-0.4, -0.2) is 36.6 Å². The highest BCUT2D eigenvalue weighted by Crippen LogP contribution is 2.08. The first-order valence-corrected chi connectivity index (χ1v) is 4.58. The first-order chi connectivity index (χ1) is 6.66. The lowest BCUT2D eigenvalue weighted by molar-refractivity contribution is -0.140. The van der Waals surface area contributed by atoms with E-state index in [0.29, 0.717) is 19.7 Å². The average Bonchev–Trinajstić information content (AvgIpc) is 2.59. The van der Waals surface area contributed by atoms with Crippen LogP contribution in [0.15, 0.2) is 12.3 Å². The van der Waals surface area contributed by atoms with Gasteiger partial charge in [0.05, 0.1) is 6.61 Å². The van der Waals surface area contributed by atoms with Crippen LogP contribution in [0.4, 0.5) is 4.79 Å². The van der Waals surface area contributed by atoms with Crippen molar-refractivity contribution < 1.29 is 14.3 Å². The molecule has 5 nitrogen and oxygen atoms in total. The van der Waals surface area contributed by atoms with E-state index >= 15 is 0 Å². The Morgan fingerprint density at radius 2 is 2.43 bits per heavy atom. The summed E-state index contributed by atoms with van der Waals surface area (Å²) in [5.74, 6) is -0.524. The number of amides is 2. The Morgan fingerprint density at radius 1 is 1.71 bits per heavy atom. The summed E-state index contributed by atoms with van der Waals surface area (Å²) in [4.78, 5) is 23.7. The third-order valence-corrected chi connectivity index (χ3v) is 1.86. The molecule has 0 unspecified atom stereocenters. The van der Waals surface area contributed by atoms with E-state index in [1.807, 2.05) is 6.92 Å². The summed E-state index contributed by atoms with van der Waals surface area (Å²) in [5, 5.41) is 2.58. The molecular formula is C9H14N2O3. The number of esters is 1. The molecule has 5 heteroatoms. The molecular weight excluding hydrogens is 184 g/mol. The van der Waals surface area contributed by atoms with Crippen LogP contribution >= 0.6 is 0 Å². The summed E-state index contributed by atoms with van der Waals surface area (Å²) in [5.41, 5.74) is 0.105. The zero-order valence-electron chi connectivity index (χ0n) is 8.21. The van der Waals surface area contributed by atoms with E-state index in [1.165, 1.54) is 4.90 Å². The highest BCUT2D eigenvalue weighted by atomic mass is 16.5. The molecule has 0 aromatic rings. The molecule has 1 aliphatic heterocycles. The summed E-state index contributed by atoms with van der Waals surface area (Å²) in [6, 6.07) is -0.288. The number of rotatable bonds is 4. The molecule has 1 fully saturated rings. The number of nitrogens with one attached hydrogen (secondary N) is 1. The largest absolute Gasteiger partial charge is 0.461 e. The fourth-order valence-electron chi connectivity index (χ4n) is 1.12. The molecule has 0 aromatic carbocycles. The Labute approximate surface area is 82.7 Å². The van der Waals surface area contributed by atoms with E-state index in [4.69, 9.17) is 4.74 Å². The van der Waals surface area contributed by atoms with Gasteiger partial charge in [0.2, 0.25) is 0 Å². The number of urea groups is 1. The predicted molar refractivity (Wildman–Crippen MR) is 50.5 cm³/mol. The number of hydrogen-bond donors (Lipinski definition) is 1. The van der Waals surface area contributed by atoms with Gasteiger partial charge in [-0.1, -0.05) is 13.5 Å². The number of carbonyl (C=O) groups excluding carboxylic acids is 2. The highest BCUT2D eigenvalue weighted by Gasteiger charge is 2.26. The van der Waals surface area contributed by atoms with Crippen molar-refractivity contribution >= 4 is 12.0 Å². The summed E-state index contributed by atoms with van der Waals surface area (Å²) in [7, 11) is 0. The van der Waals surface area contributed by atoms with Crippen molar-refractivity contribution in [3.63, 3.8) is 0 Å². The molecule has 0 aromatic heterocycles. The molecule has 0 radical (unpaired) electrons. The molecule has 0 spiro atoms. The van der Waals surface area contributed by atoms with Crippen LogP contribution in [0.3, 0.4) is 0 Å². The number of ether oxygens (including phenoxy) is 1. The Hall–Kier alpha value is -1.52. The average molecular weight is 198 g/mol. The monoisotopic (exact) mass is 198 g/mol. The summed E-state index contributed by atoms with van der Waals surface area (Å²) < 4.78 is 4.85. The lowest BCUT2D eigenvalue weighted by Crippen LogP contribution is -2.31. The second kappa shape index (κ2) is 4.64. The second-order valence-electron chi connectivity index (χ2n) is 2.97. The van der Waals surface area contributed by atoms with Crippen molar-refractivity contribution in [3.8, 4) is 0 Å². The Kier molecular flexibility index (Phi) is 3.50. The van der Waals surface area contributed by atoms with Crippen LogP contribution in [-0.2, 0) is 9.53 Å². The molecule has 0 bridgehead atoms. The van der Waals surface area contributed by atoms with E-state index in [0.717, 1.165) is 6.42 Å². The molecule has 0 saturated carbocycles. The van der Waals surface area contributed by atoms with Crippen molar-refractivity contribution in [2.75, 3.05) is 19.7 Å². The smallest absolute Gasteiger partial charge is 0.354 e. The molecule has 1 N–H and O–H groups in total. The van der Waals surface area contributed by atoms with Gasteiger partial charge in [-0.25, -0.2) is 9.59 Å². The Balaban J connectivity index is 2.47. The molecule has 1 rings (SSSR count).